The Balaban J connectivity index is 2.25. The second-order valence-electron chi connectivity index (χ2n) is 5.13. The van der Waals surface area contributed by atoms with Crippen molar-refractivity contribution in [3.63, 3.8) is 0 Å². The van der Waals surface area contributed by atoms with Crippen molar-refractivity contribution >= 4 is 11.9 Å². The lowest BCUT2D eigenvalue weighted by molar-refractivity contribution is -0.137. The molecule has 1 rings (SSSR count). The van der Waals surface area contributed by atoms with Crippen LogP contribution in [0.3, 0.4) is 0 Å². The molecule has 0 aliphatic rings. The maximum absolute atomic E-state index is 11.7. The number of carboxylic acid groups (broad SMARTS) is 1. The van der Waals surface area contributed by atoms with E-state index >= 15 is 0 Å². The molecule has 0 aliphatic heterocycles. The van der Waals surface area contributed by atoms with Gasteiger partial charge in [-0.05, 0) is 36.5 Å². The Kier molecular flexibility index (Phi) is 7.29. The molecule has 1 atom stereocenters. The van der Waals surface area contributed by atoms with Gasteiger partial charge in [-0.2, -0.15) is 0 Å². The van der Waals surface area contributed by atoms with Gasteiger partial charge in [0.25, 0.3) is 5.91 Å². The Morgan fingerprint density at radius 3 is 2.81 bits per heavy atom. The van der Waals surface area contributed by atoms with Gasteiger partial charge >= 0.3 is 5.97 Å². The number of benzene rings is 1. The zero-order valence-electron chi connectivity index (χ0n) is 12.6. The summed E-state index contributed by atoms with van der Waals surface area (Å²) in [6, 6.07) is 7.65. The average molecular weight is 293 g/mol. The van der Waals surface area contributed by atoms with Crippen molar-refractivity contribution in [2.45, 2.75) is 33.1 Å². The zero-order chi connectivity index (χ0) is 15.7. The number of nitrogens with one attached hydrogen (secondary N) is 1. The van der Waals surface area contributed by atoms with Gasteiger partial charge in [0.1, 0.15) is 5.75 Å². The number of carbonyl (C=O) groups excluding carboxylic acids is 1. The van der Waals surface area contributed by atoms with E-state index in [9.17, 15) is 9.59 Å². The summed E-state index contributed by atoms with van der Waals surface area (Å²) in [6.45, 7) is 4.41. The normalized spacial score (nSPS) is 11.7. The molecule has 0 saturated heterocycles. The molecule has 1 unspecified atom stereocenters. The van der Waals surface area contributed by atoms with Crippen LogP contribution in [0.25, 0.3) is 0 Å². The van der Waals surface area contributed by atoms with E-state index in [2.05, 4.69) is 12.2 Å². The molecule has 0 aliphatic carbocycles. The van der Waals surface area contributed by atoms with Gasteiger partial charge in [-0.1, -0.05) is 26.0 Å². The van der Waals surface area contributed by atoms with Crippen LogP contribution in [-0.2, 0) is 16.0 Å². The summed E-state index contributed by atoms with van der Waals surface area (Å²) < 4.78 is 5.43. The Labute approximate surface area is 125 Å². The lowest BCUT2D eigenvalue weighted by Gasteiger charge is -2.12. The Morgan fingerprint density at radius 1 is 1.38 bits per heavy atom. The molecule has 116 valence electrons. The molecular weight excluding hydrogens is 270 g/mol. The molecule has 2 N–H and O–H groups in total. The summed E-state index contributed by atoms with van der Waals surface area (Å²) in [6.07, 6.45) is 1.59. The molecule has 21 heavy (non-hydrogen) atoms. The highest BCUT2D eigenvalue weighted by molar-refractivity contribution is 5.77. The van der Waals surface area contributed by atoms with Gasteiger partial charge in [-0.25, -0.2) is 0 Å². The lowest BCUT2D eigenvalue weighted by Crippen LogP contribution is -2.32. The van der Waals surface area contributed by atoms with Crippen LogP contribution in [0.4, 0.5) is 0 Å². The number of hydrogen-bond acceptors (Lipinski definition) is 3. The van der Waals surface area contributed by atoms with Crippen molar-refractivity contribution in [1.29, 1.82) is 0 Å². The number of carbonyl (C=O) groups is 2. The molecule has 0 bridgehead atoms. The first kappa shape index (κ1) is 17.0. The van der Waals surface area contributed by atoms with Gasteiger partial charge in [0.05, 0.1) is 0 Å². The van der Waals surface area contributed by atoms with Gasteiger partial charge < -0.3 is 15.2 Å². The van der Waals surface area contributed by atoms with E-state index in [4.69, 9.17) is 9.84 Å². The van der Waals surface area contributed by atoms with Crippen LogP contribution in [0.15, 0.2) is 24.3 Å². The summed E-state index contributed by atoms with van der Waals surface area (Å²) in [7, 11) is 0. The smallest absolute Gasteiger partial charge is 0.303 e. The molecule has 0 spiro atoms. The largest absolute Gasteiger partial charge is 0.484 e. The summed E-state index contributed by atoms with van der Waals surface area (Å²) >= 11 is 0. The third-order valence-electron chi connectivity index (χ3n) is 3.18. The molecule has 0 fully saturated rings. The molecule has 5 heteroatoms. The van der Waals surface area contributed by atoms with Gasteiger partial charge in [0.2, 0.25) is 0 Å². The lowest BCUT2D eigenvalue weighted by atomic mass is 10.1. The molecule has 0 saturated carbocycles. The van der Waals surface area contributed by atoms with Crippen molar-refractivity contribution in [3.8, 4) is 5.75 Å². The van der Waals surface area contributed by atoms with E-state index in [0.717, 1.165) is 12.0 Å². The van der Waals surface area contributed by atoms with Crippen molar-refractivity contribution < 1.29 is 19.4 Å². The molecule has 0 aromatic heterocycles. The average Bonchev–Trinajstić information content (AvgIpc) is 2.49. The minimum atomic E-state index is -0.813. The number of aliphatic carboxylic acids is 1. The van der Waals surface area contributed by atoms with Crippen LogP contribution in [0.2, 0.25) is 0 Å². The maximum Gasteiger partial charge on any atom is 0.303 e. The second-order valence-corrected chi connectivity index (χ2v) is 5.13. The van der Waals surface area contributed by atoms with Crippen molar-refractivity contribution in [2.75, 3.05) is 13.2 Å². The number of ether oxygens (including phenoxy) is 1. The molecule has 0 radical (unpaired) electrons. The minimum absolute atomic E-state index is 0.0290. The third-order valence-corrected chi connectivity index (χ3v) is 3.18. The highest BCUT2D eigenvalue weighted by atomic mass is 16.5. The van der Waals surface area contributed by atoms with E-state index in [1.54, 1.807) is 0 Å². The predicted molar refractivity (Wildman–Crippen MR) is 80.4 cm³/mol. The maximum atomic E-state index is 11.7. The first-order chi connectivity index (χ1) is 10.0. The minimum Gasteiger partial charge on any atom is -0.484 e. The first-order valence-corrected chi connectivity index (χ1v) is 7.21. The fourth-order valence-corrected chi connectivity index (χ4v) is 1.82. The fraction of sp³-hybridized carbons (Fsp3) is 0.500. The van der Waals surface area contributed by atoms with Gasteiger partial charge in [0.15, 0.2) is 6.61 Å². The van der Waals surface area contributed by atoms with Crippen LogP contribution >= 0.6 is 0 Å². The van der Waals surface area contributed by atoms with Crippen molar-refractivity contribution in [3.05, 3.63) is 29.8 Å². The topological polar surface area (TPSA) is 75.6 Å². The standard InChI is InChI=1S/C16H23NO4/c1-3-13-5-4-6-14(9-13)21-11-15(18)17-10-12(2)7-8-16(19)20/h4-6,9,12H,3,7-8,10-11H2,1-2H3,(H,17,18)(H,19,20). The Hall–Kier alpha value is -2.04. The molecule has 1 aromatic carbocycles. The van der Waals surface area contributed by atoms with Gasteiger partial charge in [-0.3, -0.25) is 9.59 Å². The summed E-state index contributed by atoms with van der Waals surface area (Å²) in [4.78, 5) is 22.1. The Bertz CT molecular complexity index is 473. The van der Waals surface area contributed by atoms with Crippen LogP contribution < -0.4 is 10.1 Å². The second kappa shape index (κ2) is 9.00. The monoisotopic (exact) mass is 293 g/mol. The van der Waals surface area contributed by atoms with E-state index in [0.29, 0.717) is 18.7 Å². The summed E-state index contributed by atoms with van der Waals surface area (Å²) in [5.41, 5.74) is 1.16. The molecule has 1 amide bonds. The predicted octanol–water partition coefficient (Wildman–Crippen LogP) is 2.24. The molecule has 5 nitrogen and oxygen atoms in total. The van der Waals surface area contributed by atoms with E-state index in [1.807, 2.05) is 31.2 Å². The number of hydrogen-bond donors (Lipinski definition) is 2. The SMILES string of the molecule is CCc1cccc(OCC(=O)NCC(C)CCC(=O)O)c1. The number of carboxylic acids is 1. The number of amides is 1. The fourth-order valence-electron chi connectivity index (χ4n) is 1.82. The van der Waals surface area contributed by atoms with Crippen molar-refractivity contribution in [2.24, 2.45) is 5.92 Å². The van der Waals surface area contributed by atoms with Crippen LogP contribution in [-0.4, -0.2) is 30.1 Å². The van der Waals surface area contributed by atoms with E-state index < -0.39 is 5.97 Å². The zero-order valence-corrected chi connectivity index (χ0v) is 12.6. The quantitative estimate of drug-likeness (QED) is 0.732. The molecular formula is C16H23NO4. The van der Waals surface area contributed by atoms with E-state index in [1.165, 1.54) is 0 Å². The van der Waals surface area contributed by atoms with Gasteiger partial charge in [-0.15, -0.1) is 0 Å². The first-order valence-electron chi connectivity index (χ1n) is 7.21. The van der Waals surface area contributed by atoms with Crippen LogP contribution in [0, 0.1) is 5.92 Å². The Morgan fingerprint density at radius 2 is 2.14 bits per heavy atom. The summed E-state index contributed by atoms with van der Waals surface area (Å²) in [5.74, 6) is -0.191. The van der Waals surface area contributed by atoms with E-state index in [-0.39, 0.29) is 24.9 Å². The third kappa shape index (κ3) is 7.34. The highest BCUT2D eigenvalue weighted by Crippen LogP contribution is 2.13. The van der Waals surface area contributed by atoms with Crippen molar-refractivity contribution in [1.82, 2.24) is 5.32 Å². The number of rotatable bonds is 9. The van der Waals surface area contributed by atoms with Crippen LogP contribution in [0.5, 0.6) is 5.75 Å². The number of aryl methyl sites for hydroxylation is 1. The summed E-state index contributed by atoms with van der Waals surface area (Å²) in [5, 5.41) is 11.3. The highest BCUT2D eigenvalue weighted by Gasteiger charge is 2.08. The molecule has 0 heterocycles. The van der Waals surface area contributed by atoms with Gasteiger partial charge in [0, 0.05) is 13.0 Å². The van der Waals surface area contributed by atoms with Crippen LogP contribution in [0.1, 0.15) is 32.3 Å². The molecule has 1 aromatic rings.